The molecular weight excluding hydrogens is 233 g/mol. The Kier molecular flexibility index (Phi) is 3.23. The maximum absolute atomic E-state index is 13.3. The van der Waals surface area contributed by atoms with Crippen molar-refractivity contribution in [3.05, 3.63) is 40.5 Å². The van der Waals surface area contributed by atoms with Crippen LogP contribution in [0.3, 0.4) is 0 Å². The van der Waals surface area contributed by atoms with Gasteiger partial charge in [-0.05, 0) is 38.5 Å². The number of hydrogen-bond donors (Lipinski definition) is 2. The van der Waals surface area contributed by atoms with Crippen molar-refractivity contribution in [3.63, 3.8) is 0 Å². The molecule has 4 nitrogen and oxygen atoms in total. The molecule has 0 bridgehead atoms. The fraction of sp³-hybridized carbons (Fsp3) is 0.308. The van der Waals surface area contributed by atoms with E-state index in [4.69, 9.17) is 10.3 Å². The van der Waals surface area contributed by atoms with Crippen LogP contribution in [0.25, 0.3) is 0 Å². The predicted octanol–water partition coefficient (Wildman–Crippen LogP) is 2.93. The van der Waals surface area contributed by atoms with Crippen LogP contribution in [0.15, 0.2) is 16.7 Å². The van der Waals surface area contributed by atoms with Crippen molar-refractivity contribution in [2.45, 2.75) is 27.3 Å². The molecule has 2 aromatic rings. The molecule has 1 heterocycles. The lowest BCUT2D eigenvalue weighted by molar-refractivity contribution is 0.392. The Bertz CT molecular complexity index is 558. The minimum atomic E-state index is -0.296. The Morgan fingerprint density at radius 2 is 2.06 bits per heavy atom. The van der Waals surface area contributed by atoms with E-state index in [9.17, 15) is 4.39 Å². The van der Waals surface area contributed by atoms with E-state index in [2.05, 4.69) is 10.5 Å². The van der Waals surface area contributed by atoms with E-state index in [0.717, 1.165) is 17.0 Å². The minimum Gasteiger partial charge on any atom is -0.397 e. The molecule has 0 amide bonds. The summed E-state index contributed by atoms with van der Waals surface area (Å²) < 4.78 is 18.3. The highest BCUT2D eigenvalue weighted by Crippen LogP contribution is 2.24. The zero-order valence-electron chi connectivity index (χ0n) is 10.7. The quantitative estimate of drug-likeness (QED) is 0.821. The first-order chi connectivity index (χ1) is 8.49. The number of nitrogens with one attached hydrogen (secondary N) is 1. The van der Waals surface area contributed by atoms with Gasteiger partial charge in [0.25, 0.3) is 0 Å². The largest absolute Gasteiger partial charge is 0.397 e. The second kappa shape index (κ2) is 4.68. The summed E-state index contributed by atoms with van der Waals surface area (Å²) in [6, 6.07) is 3.02. The van der Waals surface area contributed by atoms with Crippen molar-refractivity contribution in [2.24, 2.45) is 0 Å². The first-order valence-corrected chi connectivity index (χ1v) is 5.70. The van der Waals surface area contributed by atoms with Crippen molar-refractivity contribution >= 4 is 11.4 Å². The number of anilines is 2. The standard InChI is InChI=1S/C13H16FN3O/c1-7-4-13(12(15)5-11(7)14)16-6-10-8(2)17-18-9(10)3/h4-5,16H,6,15H2,1-3H3. The van der Waals surface area contributed by atoms with Crippen LogP contribution in [0.2, 0.25) is 0 Å². The number of nitrogens with two attached hydrogens (primary N) is 1. The van der Waals surface area contributed by atoms with E-state index < -0.39 is 0 Å². The maximum Gasteiger partial charge on any atom is 0.138 e. The van der Waals surface area contributed by atoms with Gasteiger partial charge in [0, 0.05) is 12.1 Å². The fourth-order valence-electron chi connectivity index (χ4n) is 1.79. The molecular formula is C13H16FN3O. The van der Waals surface area contributed by atoms with Crippen LogP contribution in [0.1, 0.15) is 22.6 Å². The van der Waals surface area contributed by atoms with E-state index in [1.165, 1.54) is 6.07 Å². The van der Waals surface area contributed by atoms with Crippen LogP contribution < -0.4 is 11.1 Å². The van der Waals surface area contributed by atoms with E-state index in [1.807, 2.05) is 13.8 Å². The van der Waals surface area contributed by atoms with Gasteiger partial charge < -0.3 is 15.6 Å². The monoisotopic (exact) mass is 249 g/mol. The van der Waals surface area contributed by atoms with Gasteiger partial charge in [-0.2, -0.15) is 0 Å². The lowest BCUT2D eigenvalue weighted by atomic mass is 10.1. The van der Waals surface area contributed by atoms with Gasteiger partial charge in [-0.1, -0.05) is 5.16 Å². The van der Waals surface area contributed by atoms with Crippen molar-refractivity contribution in [1.29, 1.82) is 0 Å². The number of hydrogen-bond acceptors (Lipinski definition) is 4. The summed E-state index contributed by atoms with van der Waals surface area (Å²) in [5.74, 6) is 0.479. The summed E-state index contributed by atoms with van der Waals surface area (Å²) in [6.07, 6.45) is 0. The van der Waals surface area contributed by atoms with Gasteiger partial charge in [0.2, 0.25) is 0 Å². The van der Waals surface area contributed by atoms with Crippen LogP contribution in [0.5, 0.6) is 0 Å². The van der Waals surface area contributed by atoms with Gasteiger partial charge in [0.1, 0.15) is 11.6 Å². The third-order valence-corrected chi connectivity index (χ3v) is 2.97. The second-order valence-electron chi connectivity index (χ2n) is 4.34. The van der Waals surface area contributed by atoms with E-state index in [1.54, 1.807) is 13.0 Å². The van der Waals surface area contributed by atoms with E-state index in [-0.39, 0.29) is 5.82 Å². The molecule has 0 aliphatic carbocycles. The van der Waals surface area contributed by atoms with Crippen LogP contribution in [0, 0.1) is 26.6 Å². The zero-order chi connectivity index (χ0) is 13.3. The average Bonchev–Trinajstić information content (AvgIpc) is 2.62. The van der Waals surface area contributed by atoms with E-state index >= 15 is 0 Å². The first kappa shape index (κ1) is 12.4. The minimum absolute atomic E-state index is 0.296. The third-order valence-electron chi connectivity index (χ3n) is 2.97. The molecule has 0 aliphatic heterocycles. The molecule has 5 heteroatoms. The highest BCUT2D eigenvalue weighted by atomic mass is 19.1. The smallest absolute Gasteiger partial charge is 0.138 e. The Labute approximate surface area is 105 Å². The molecule has 1 aromatic carbocycles. The third kappa shape index (κ3) is 2.30. The number of halogens is 1. The molecule has 0 unspecified atom stereocenters. The Morgan fingerprint density at radius 3 is 2.67 bits per heavy atom. The summed E-state index contributed by atoms with van der Waals surface area (Å²) in [7, 11) is 0. The molecule has 0 fully saturated rings. The number of nitrogen functional groups attached to an aromatic ring is 1. The summed E-state index contributed by atoms with van der Waals surface area (Å²) in [5, 5.41) is 7.05. The number of aryl methyl sites for hydroxylation is 3. The molecule has 0 radical (unpaired) electrons. The Morgan fingerprint density at radius 1 is 1.33 bits per heavy atom. The average molecular weight is 249 g/mol. The van der Waals surface area contributed by atoms with Crippen LogP contribution >= 0.6 is 0 Å². The van der Waals surface area contributed by atoms with Crippen LogP contribution in [-0.4, -0.2) is 5.16 Å². The number of rotatable bonds is 3. The summed E-state index contributed by atoms with van der Waals surface area (Å²) in [5.41, 5.74) is 9.28. The molecule has 2 rings (SSSR count). The molecule has 0 saturated carbocycles. The van der Waals surface area contributed by atoms with Crippen molar-refractivity contribution < 1.29 is 8.91 Å². The van der Waals surface area contributed by atoms with Crippen LogP contribution in [0.4, 0.5) is 15.8 Å². The van der Waals surface area contributed by atoms with Gasteiger partial charge in [-0.3, -0.25) is 0 Å². The normalized spacial score (nSPS) is 10.7. The molecule has 1 aromatic heterocycles. The Balaban J connectivity index is 2.18. The van der Waals surface area contributed by atoms with E-state index in [0.29, 0.717) is 23.5 Å². The Hall–Kier alpha value is -2.04. The van der Waals surface area contributed by atoms with Gasteiger partial charge in [0.05, 0.1) is 17.1 Å². The van der Waals surface area contributed by atoms with Crippen LogP contribution in [-0.2, 0) is 6.54 Å². The summed E-state index contributed by atoms with van der Waals surface area (Å²) >= 11 is 0. The molecule has 0 atom stereocenters. The number of aromatic nitrogens is 1. The van der Waals surface area contributed by atoms with Gasteiger partial charge >= 0.3 is 0 Å². The predicted molar refractivity (Wildman–Crippen MR) is 68.9 cm³/mol. The molecule has 18 heavy (non-hydrogen) atoms. The highest BCUT2D eigenvalue weighted by molar-refractivity contribution is 5.67. The zero-order valence-corrected chi connectivity index (χ0v) is 10.7. The lowest BCUT2D eigenvalue weighted by Gasteiger charge is -2.10. The van der Waals surface area contributed by atoms with Crippen molar-refractivity contribution in [2.75, 3.05) is 11.1 Å². The molecule has 0 aliphatic rings. The molecule has 0 spiro atoms. The molecule has 0 saturated heterocycles. The number of nitrogens with zero attached hydrogens (tertiary/aromatic N) is 1. The highest BCUT2D eigenvalue weighted by Gasteiger charge is 2.10. The maximum atomic E-state index is 13.3. The van der Waals surface area contributed by atoms with Crippen molar-refractivity contribution in [1.82, 2.24) is 5.16 Å². The lowest BCUT2D eigenvalue weighted by Crippen LogP contribution is -2.05. The molecule has 3 N–H and O–H groups in total. The molecule has 96 valence electrons. The fourth-order valence-corrected chi connectivity index (χ4v) is 1.79. The second-order valence-corrected chi connectivity index (χ2v) is 4.34. The summed E-state index contributed by atoms with van der Waals surface area (Å²) in [6.45, 7) is 6.00. The van der Waals surface area contributed by atoms with Gasteiger partial charge in [-0.25, -0.2) is 4.39 Å². The van der Waals surface area contributed by atoms with Gasteiger partial charge in [-0.15, -0.1) is 0 Å². The first-order valence-electron chi connectivity index (χ1n) is 5.70. The summed E-state index contributed by atoms with van der Waals surface area (Å²) in [4.78, 5) is 0. The number of benzene rings is 1. The van der Waals surface area contributed by atoms with Gasteiger partial charge in [0.15, 0.2) is 0 Å². The SMILES string of the molecule is Cc1cc(NCc2c(C)noc2C)c(N)cc1F. The topological polar surface area (TPSA) is 64.1 Å². The van der Waals surface area contributed by atoms with Crippen molar-refractivity contribution in [3.8, 4) is 0 Å².